The third-order valence-corrected chi connectivity index (χ3v) is 5.70. The number of carbonyl (C=O) groups excluding carboxylic acids is 1. The van der Waals surface area contributed by atoms with Crippen LogP contribution in [0.25, 0.3) is 0 Å². The number of likely N-dealkylation sites (tertiary alicyclic amines) is 1. The van der Waals surface area contributed by atoms with Gasteiger partial charge >= 0.3 is 0 Å². The number of nitrogens with zero attached hydrogens (tertiary/aromatic N) is 2. The van der Waals surface area contributed by atoms with Crippen LogP contribution in [0.5, 0.6) is 11.5 Å². The number of benzene rings is 2. The minimum atomic E-state index is 0.0627. The fourth-order valence-electron chi connectivity index (χ4n) is 3.94. The quantitative estimate of drug-likeness (QED) is 0.487. The summed E-state index contributed by atoms with van der Waals surface area (Å²) in [5, 5.41) is 6.42. The molecule has 0 atom stereocenters. The van der Waals surface area contributed by atoms with E-state index < -0.39 is 0 Å². The number of guanidine groups is 1. The van der Waals surface area contributed by atoms with Crippen LogP contribution < -0.4 is 20.1 Å². The largest absolute Gasteiger partial charge is 0.493 e. The van der Waals surface area contributed by atoms with Crippen molar-refractivity contribution in [1.29, 1.82) is 0 Å². The van der Waals surface area contributed by atoms with E-state index in [-0.39, 0.29) is 12.5 Å². The van der Waals surface area contributed by atoms with Gasteiger partial charge < -0.3 is 25.0 Å². The third-order valence-electron chi connectivity index (χ3n) is 5.70. The summed E-state index contributed by atoms with van der Waals surface area (Å²) in [6, 6.07) is 16.1. The van der Waals surface area contributed by atoms with Gasteiger partial charge in [-0.25, -0.2) is 4.99 Å². The second-order valence-electron chi connectivity index (χ2n) is 7.90. The maximum atomic E-state index is 12.7. The number of carbonyl (C=O) groups is 1. The Morgan fingerprint density at radius 3 is 2.44 bits per heavy atom. The molecule has 0 aliphatic carbocycles. The molecule has 1 amide bonds. The first-order chi connectivity index (χ1) is 15.6. The van der Waals surface area contributed by atoms with Crippen molar-refractivity contribution in [3.63, 3.8) is 0 Å². The number of hydrogen-bond acceptors (Lipinski definition) is 4. The summed E-state index contributed by atoms with van der Waals surface area (Å²) in [4.78, 5) is 19.2. The molecule has 1 fully saturated rings. The Hall–Kier alpha value is -3.22. The second-order valence-corrected chi connectivity index (χ2v) is 7.90. The lowest BCUT2D eigenvalue weighted by atomic mass is 9.90. The number of amides is 1. The van der Waals surface area contributed by atoms with E-state index in [4.69, 9.17) is 9.47 Å². The van der Waals surface area contributed by atoms with Crippen molar-refractivity contribution in [3.8, 4) is 11.5 Å². The summed E-state index contributed by atoms with van der Waals surface area (Å²) < 4.78 is 10.6. The van der Waals surface area contributed by atoms with Gasteiger partial charge in [0.25, 0.3) is 0 Å². The number of methoxy groups -OCH3 is 2. The predicted molar refractivity (Wildman–Crippen MR) is 129 cm³/mol. The Kier molecular flexibility index (Phi) is 8.78. The molecule has 1 aliphatic rings. The smallest absolute Gasteiger partial charge is 0.244 e. The van der Waals surface area contributed by atoms with Gasteiger partial charge in [0.15, 0.2) is 17.5 Å². The molecule has 0 bridgehead atoms. The lowest BCUT2D eigenvalue weighted by molar-refractivity contribution is -0.130. The van der Waals surface area contributed by atoms with E-state index in [2.05, 4.69) is 39.9 Å². The minimum absolute atomic E-state index is 0.0627. The van der Waals surface area contributed by atoms with Gasteiger partial charge in [0.2, 0.25) is 5.91 Å². The van der Waals surface area contributed by atoms with Gasteiger partial charge in [-0.3, -0.25) is 4.79 Å². The summed E-state index contributed by atoms with van der Waals surface area (Å²) in [5.41, 5.74) is 2.18. The average molecular weight is 439 g/mol. The number of anilines is 1. The Balaban J connectivity index is 1.53. The van der Waals surface area contributed by atoms with Crippen LogP contribution in [0.3, 0.4) is 0 Å². The lowest BCUT2D eigenvalue weighted by Crippen LogP contribution is -2.41. The van der Waals surface area contributed by atoms with Crippen molar-refractivity contribution in [2.75, 3.05) is 45.7 Å². The summed E-state index contributed by atoms with van der Waals surface area (Å²) >= 11 is 0. The molecule has 7 nitrogen and oxygen atoms in total. The highest BCUT2D eigenvalue weighted by Gasteiger charge is 2.22. The number of aliphatic imine (C=N–C) groups is 1. The maximum absolute atomic E-state index is 12.7. The fraction of sp³-hybridized carbons (Fsp3) is 0.440. The van der Waals surface area contributed by atoms with Gasteiger partial charge in [0.05, 0.1) is 14.2 Å². The average Bonchev–Trinajstić information content (AvgIpc) is 2.83. The molecule has 32 heavy (non-hydrogen) atoms. The Bertz CT molecular complexity index is 893. The number of hydrogen-bond donors (Lipinski definition) is 2. The SMILES string of the molecule is CCNC(=NCC(=O)N1CCC(Cc2ccccc2)CC1)Nc1ccc(OC)c(OC)c1. The van der Waals surface area contributed by atoms with Crippen molar-refractivity contribution in [2.24, 2.45) is 10.9 Å². The standard InChI is InChI=1S/C25H34N4O3/c1-4-26-25(28-21-10-11-22(31-2)23(17-21)32-3)27-18-24(30)29-14-12-20(13-15-29)16-19-8-6-5-7-9-19/h5-11,17,20H,4,12-16,18H2,1-3H3,(H2,26,27,28). The predicted octanol–water partition coefficient (Wildman–Crippen LogP) is 3.56. The molecule has 2 aromatic rings. The Morgan fingerprint density at radius 2 is 1.78 bits per heavy atom. The first kappa shape index (κ1) is 23.4. The molecule has 0 spiro atoms. The molecule has 7 heteroatoms. The number of nitrogens with one attached hydrogen (secondary N) is 2. The zero-order valence-electron chi connectivity index (χ0n) is 19.3. The highest BCUT2D eigenvalue weighted by molar-refractivity contribution is 5.95. The van der Waals surface area contributed by atoms with Crippen LogP contribution in [0.4, 0.5) is 5.69 Å². The second kappa shape index (κ2) is 12.0. The van der Waals surface area contributed by atoms with Gasteiger partial charge in [0.1, 0.15) is 6.54 Å². The number of piperidine rings is 1. The molecule has 2 aromatic carbocycles. The zero-order chi connectivity index (χ0) is 22.8. The zero-order valence-corrected chi connectivity index (χ0v) is 19.3. The van der Waals surface area contributed by atoms with Gasteiger partial charge in [0, 0.05) is 31.4 Å². The summed E-state index contributed by atoms with van der Waals surface area (Å²) in [5.74, 6) is 2.54. The molecule has 0 saturated carbocycles. The van der Waals surface area contributed by atoms with Crippen LogP contribution in [-0.2, 0) is 11.2 Å². The molecule has 0 aromatic heterocycles. The van der Waals surface area contributed by atoms with Gasteiger partial charge in [-0.15, -0.1) is 0 Å². The normalized spacial score (nSPS) is 14.7. The van der Waals surface area contributed by atoms with Crippen LogP contribution in [0, 0.1) is 5.92 Å². The molecular weight excluding hydrogens is 404 g/mol. The lowest BCUT2D eigenvalue weighted by Gasteiger charge is -2.32. The van der Waals surface area contributed by atoms with Crippen LogP contribution in [0.15, 0.2) is 53.5 Å². The monoisotopic (exact) mass is 438 g/mol. The summed E-state index contributed by atoms with van der Waals surface area (Å²) in [6.45, 7) is 4.40. The van der Waals surface area contributed by atoms with Gasteiger partial charge in [-0.2, -0.15) is 0 Å². The fourth-order valence-corrected chi connectivity index (χ4v) is 3.94. The highest BCUT2D eigenvalue weighted by atomic mass is 16.5. The first-order valence-corrected chi connectivity index (χ1v) is 11.2. The number of ether oxygens (including phenoxy) is 2. The molecule has 172 valence electrons. The van der Waals surface area contributed by atoms with E-state index >= 15 is 0 Å². The van der Waals surface area contributed by atoms with E-state index in [9.17, 15) is 4.79 Å². The van der Waals surface area contributed by atoms with Crippen LogP contribution >= 0.6 is 0 Å². The molecule has 1 saturated heterocycles. The molecule has 2 N–H and O–H groups in total. The maximum Gasteiger partial charge on any atom is 0.244 e. The Morgan fingerprint density at radius 1 is 1.06 bits per heavy atom. The topological polar surface area (TPSA) is 75.2 Å². The molecular formula is C25H34N4O3. The number of rotatable bonds is 8. The molecule has 0 radical (unpaired) electrons. The molecule has 1 aliphatic heterocycles. The Labute approximate surface area is 190 Å². The van der Waals surface area contributed by atoms with E-state index in [1.807, 2.05) is 36.1 Å². The van der Waals surface area contributed by atoms with Crippen LogP contribution in [0.2, 0.25) is 0 Å². The molecule has 0 unspecified atom stereocenters. The van der Waals surface area contributed by atoms with Crippen molar-refractivity contribution in [1.82, 2.24) is 10.2 Å². The molecule has 1 heterocycles. The van der Waals surface area contributed by atoms with E-state index in [1.165, 1.54) is 5.56 Å². The first-order valence-electron chi connectivity index (χ1n) is 11.2. The van der Waals surface area contributed by atoms with Crippen molar-refractivity contribution in [3.05, 3.63) is 54.1 Å². The van der Waals surface area contributed by atoms with Crippen molar-refractivity contribution < 1.29 is 14.3 Å². The molecule has 3 rings (SSSR count). The van der Waals surface area contributed by atoms with Gasteiger partial charge in [-0.05, 0) is 49.8 Å². The van der Waals surface area contributed by atoms with Crippen LogP contribution in [0.1, 0.15) is 25.3 Å². The van der Waals surface area contributed by atoms with E-state index in [0.29, 0.717) is 29.9 Å². The highest BCUT2D eigenvalue weighted by Crippen LogP contribution is 2.29. The minimum Gasteiger partial charge on any atom is -0.493 e. The van der Waals surface area contributed by atoms with Crippen LogP contribution in [-0.4, -0.2) is 57.2 Å². The van der Waals surface area contributed by atoms with Crippen molar-refractivity contribution >= 4 is 17.6 Å². The van der Waals surface area contributed by atoms with Crippen molar-refractivity contribution in [2.45, 2.75) is 26.2 Å². The van der Waals surface area contributed by atoms with E-state index in [1.54, 1.807) is 14.2 Å². The third kappa shape index (κ3) is 6.64. The van der Waals surface area contributed by atoms with E-state index in [0.717, 1.165) is 38.0 Å². The summed E-state index contributed by atoms with van der Waals surface area (Å²) in [6.07, 6.45) is 3.16. The van der Waals surface area contributed by atoms with Gasteiger partial charge in [-0.1, -0.05) is 30.3 Å². The summed E-state index contributed by atoms with van der Waals surface area (Å²) in [7, 11) is 3.20.